The molecule has 16 nitrogen and oxygen atoms in total. The predicted octanol–water partition coefficient (Wildman–Crippen LogP) is -5.03. The van der Waals surface area contributed by atoms with Crippen LogP contribution in [-0.2, 0) is 19.2 Å². The van der Waals surface area contributed by atoms with Crippen molar-refractivity contribution < 1.29 is 29.4 Å². The van der Waals surface area contributed by atoms with E-state index in [9.17, 15) is 24.3 Å². The Balaban J connectivity index is 5.19. The number of carbonyl (C=O) groups excluding carboxylic acids is 3. The molecule has 3 amide bonds. The van der Waals surface area contributed by atoms with Gasteiger partial charge in [0.05, 0.1) is 12.6 Å². The van der Waals surface area contributed by atoms with Crippen molar-refractivity contribution >= 4 is 35.6 Å². The molecule has 0 fully saturated rings. The van der Waals surface area contributed by atoms with Gasteiger partial charge in [-0.15, -0.1) is 0 Å². The first-order chi connectivity index (χ1) is 15.9. The molecule has 0 aromatic heterocycles. The number of rotatable bonds is 16. The lowest BCUT2D eigenvalue weighted by Crippen LogP contribution is -2.57. The predicted molar refractivity (Wildman–Crippen MR) is 124 cm³/mol. The molecule has 0 aliphatic carbocycles. The Morgan fingerprint density at radius 3 is 1.74 bits per heavy atom. The van der Waals surface area contributed by atoms with Crippen LogP contribution in [0.25, 0.3) is 0 Å². The number of carbonyl (C=O) groups is 4. The summed E-state index contributed by atoms with van der Waals surface area (Å²) in [5, 5.41) is 25.3. The number of nitrogens with zero attached hydrogens (tertiary/aromatic N) is 2. The standard InChI is InChI=1S/C18H36N10O6/c1-9(16(33)34)26-15(32)12(8-29)28-14(31)11(5-3-7-25-18(22)23)27-13(30)10(19)4-2-6-24-17(20)21/h9-12,29H,2-8,19H2,1H3,(H,26,32)(H,27,30)(H,28,31)(H,33,34)(H4,20,21,24)(H4,22,23,25). The van der Waals surface area contributed by atoms with E-state index in [2.05, 4.69) is 25.9 Å². The van der Waals surface area contributed by atoms with E-state index in [1.165, 1.54) is 6.92 Å². The Morgan fingerprint density at radius 2 is 1.26 bits per heavy atom. The highest BCUT2D eigenvalue weighted by Gasteiger charge is 2.28. The molecule has 0 aromatic rings. The van der Waals surface area contributed by atoms with E-state index in [1.807, 2.05) is 0 Å². The first-order valence-electron chi connectivity index (χ1n) is 10.5. The Labute approximate surface area is 196 Å². The van der Waals surface area contributed by atoms with Crippen LogP contribution >= 0.6 is 0 Å². The molecule has 0 saturated heterocycles. The lowest BCUT2D eigenvalue weighted by Gasteiger charge is -2.23. The maximum atomic E-state index is 12.8. The number of amides is 3. The fourth-order valence-electron chi connectivity index (χ4n) is 2.54. The summed E-state index contributed by atoms with van der Waals surface area (Å²) in [7, 11) is 0. The van der Waals surface area contributed by atoms with Gasteiger partial charge >= 0.3 is 5.97 Å². The summed E-state index contributed by atoms with van der Waals surface area (Å²) < 4.78 is 0. The van der Waals surface area contributed by atoms with Crippen molar-refractivity contribution in [2.75, 3.05) is 19.7 Å². The molecule has 0 aliphatic rings. The number of nitrogens with two attached hydrogens (primary N) is 5. The van der Waals surface area contributed by atoms with Crippen LogP contribution in [0.1, 0.15) is 32.6 Å². The lowest BCUT2D eigenvalue weighted by molar-refractivity contribution is -0.142. The number of hydrogen-bond acceptors (Lipinski definition) is 8. The number of aliphatic carboxylic acids is 1. The third-order valence-corrected chi connectivity index (χ3v) is 4.43. The fourth-order valence-corrected chi connectivity index (χ4v) is 2.54. The van der Waals surface area contributed by atoms with Crippen LogP contribution in [0.2, 0.25) is 0 Å². The van der Waals surface area contributed by atoms with E-state index in [-0.39, 0.29) is 37.9 Å². The summed E-state index contributed by atoms with van der Waals surface area (Å²) >= 11 is 0. The van der Waals surface area contributed by atoms with Gasteiger partial charge in [0.2, 0.25) is 17.7 Å². The topological polar surface area (TPSA) is 300 Å². The number of aliphatic imine (C=N–C) groups is 2. The average Bonchev–Trinajstić information content (AvgIpc) is 2.75. The van der Waals surface area contributed by atoms with Gasteiger partial charge in [0.15, 0.2) is 11.9 Å². The van der Waals surface area contributed by atoms with Crippen molar-refractivity contribution in [1.82, 2.24) is 16.0 Å². The highest BCUT2D eigenvalue weighted by atomic mass is 16.4. The molecule has 0 aliphatic heterocycles. The van der Waals surface area contributed by atoms with Gasteiger partial charge in [-0.05, 0) is 32.6 Å². The largest absolute Gasteiger partial charge is 0.480 e. The Hall–Kier alpha value is -3.66. The number of nitrogens with one attached hydrogen (secondary N) is 3. The summed E-state index contributed by atoms with van der Waals surface area (Å²) in [4.78, 5) is 55.9. The summed E-state index contributed by atoms with van der Waals surface area (Å²) in [5.74, 6) is -3.85. The van der Waals surface area contributed by atoms with Crippen molar-refractivity contribution in [3.8, 4) is 0 Å². The van der Waals surface area contributed by atoms with Crippen LogP contribution in [0, 0.1) is 0 Å². The minimum Gasteiger partial charge on any atom is -0.480 e. The van der Waals surface area contributed by atoms with E-state index in [1.54, 1.807) is 0 Å². The third kappa shape index (κ3) is 13.0. The number of carboxylic acids is 1. The van der Waals surface area contributed by atoms with Crippen LogP contribution in [-0.4, -0.2) is 89.7 Å². The van der Waals surface area contributed by atoms with E-state index in [0.29, 0.717) is 12.8 Å². The smallest absolute Gasteiger partial charge is 0.325 e. The van der Waals surface area contributed by atoms with Gasteiger partial charge in [0, 0.05) is 13.1 Å². The summed E-state index contributed by atoms with van der Waals surface area (Å²) in [6.45, 7) is 0.862. The fraction of sp³-hybridized carbons (Fsp3) is 0.667. The Kier molecular flexibility index (Phi) is 14.3. The Morgan fingerprint density at radius 1 is 0.794 bits per heavy atom. The molecule has 4 atom stereocenters. The molecule has 0 bridgehead atoms. The first-order valence-corrected chi connectivity index (χ1v) is 10.5. The SMILES string of the molecule is CC(NC(=O)C(CO)NC(=O)C(CCCN=C(N)N)NC(=O)C(N)CCCN=C(N)N)C(=O)O. The zero-order valence-electron chi connectivity index (χ0n) is 19.1. The summed E-state index contributed by atoms with van der Waals surface area (Å²) in [6, 6.07) is -4.79. The zero-order valence-corrected chi connectivity index (χ0v) is 19.1. The number of hydrogen-bond donors (Lipinski definition) is 10. The normalized spacial score (nSPS) is 14.0. The third-order valence-electron chi connectivity index (χ3n) is 4.43. The highest BCUT2D eigenvalue weighted by molar-refractivity contribution is 5.94. The second-order valence-corrected chi connectivity index (χ2v) is 7.38. The van der Waals surface area contributed by atoms with Gasteiger partial charge in [-0.3, -0.25) is 29.2 Å². The van der Waals surface area contributed by atoms with Crippen LogP contribution in [0.3, 0.4) is 0 Å². The zero-order chi connectivity index (χ0) is 26.3. The molecule has 0 radical (unpaired) electrons. The maximum absolute atomic E-state index is 12.8. The highest BCUT2D eigenvalue weighted by Crippen LogP contribution is 2.03. The number of guanidine groups is 2. The molecule has 194 valence electrons. The summed E-state index contributed by atoms with van der Waals surface area (Å²) in [5.41, 5.74) is 26.9. The molecular formula is C18H36N10O6. The molecular weight excluding hydrogens is 452 g/mol. The Bertz CT molecular complexity index is 752. The minimum absolute atomic E-state index is 0.0837. The number of carboxylic acid groups (broad SMARTS) is 1. The van der Waals surface area contributed by atoms with Crippen molar-refractivity contribution in [3.63, 3.8) is 0 Å². The van der Waals surface area contributed by atoms with Crippen LogP contribution in [0.5, 0.6) is 0 Å². The number of aliphatic hydroxyl groups is 1. The van der Waals surface area contributed by atoms with Gasteiger partial charge in [-0.2, -0.15) is 0 Å². The maximum Gasteiger partial charge on any atom is 0.325 e. The van der Waals surface area contributed by atoms with Gasteiger partial charge < -0.3 is 54.8 Å². The lowest BCUT2D eigenvalue weighted by atomic mass is 10.1. The molecule has 0 spiro atoms. The molecule has 0 heterocycles. The van der Waals surface area contributed by atoms with Crippen molar-refractivity contribution in [2.45, 2.75) is 56.8 Å². The van der Waals surface area contributed by atoms with Gasteiger partial charge in [0.25, 0.3) is 0 Å². The summed E-state index contributed by atoms with van der Waals surface area (Å²) in [6.07, 6.45) is 1.03. The molecule has 0 aromatic carbocycles. The van der Waals surface area contributed by atoms with Crippen LogP contribution in [0.4, 0.5) is 0 Å². The van der Waals surface area contributed by atoms with Crippen molar-refractivity contribution in [1.29, 1.82) is 0 Å². The molecule has 4 unspecified atom stereocenters. The van der Waals surface area contributed by atoms with E-state index in [4.69, 9.17) is 33.8 Å². The monoisotopic (exact) mass is 488 g/mol. The second-order valence-electron chi connectivity index (χ2n) is 7.38. The molecule has 16 heteroatoms. The quantitative estimate of drug-likeness (QED) is 0.0556. The van der Waals surface area contributed by atoms with Gasteiger partial charge in [-0.1, -0.05) is 0 Å². The average molecular weight is 489 g/mol. The second kappa shape index (κ2) is 16.0. The van der Waals surface area contributed by atoms with E-state index >= 15 is 0 Å². The van der Waals surface area contributed by atoms with Gasteiger partial charge in [0.1, 0.15) is 18.1 Å². The van der Waals surface area contributed by atoms with Crippen LogP contribution < -0.4 is 44.6 Å². The van der Waals surface area contributed by atoms with E-state index < -0.39 is 54.5 Å². The molecule has 0 saturated carbocycles. The molecule has 15 N–H and O–H groups in total. The number of aliphatic hydroxyl groups excluding tert-OH is 1. The van der Waals surface area contributed by atoms with Crippen LogP contribution in [0.15, 0.2) is 9.98 Å². The van der Waals surface area contributed by atoms with Crippen molar-refractivity contribution in [3.05, 3.63) is 0 Å². The minimum atomic E-state index is -1.44. The van der Waals surface area contributed by atoms with Gasteiger partial charge in [-0.25, -0.2) is 0 Å². The molecule has 0 rings (SSSR count). The molecule has 34 heavy (non-hydrogen) atoms. The van der Waals surface area contributed by atoms with Crippen molar-refractivity contribution in [2.24, 2.45) is 38.7 Å². The first kappa shape index (κ1) is 30.3. The van der Waals surface area contributed by atoms with E-state index in [0.717, 1.165) is 0 Å².